The Kier molecular flexibility index (Phi) is 4.26. The minimum Gasteiger partial charge on any atom is -0.352 e. The van der Waals surface area contributed by atoms with E-state index in [1.165, 1.54) is 35.1 Å². The van der Waals surface area contributed by atoms with E-state index in [0.29, 0.717) is 6.54 Å². The van der Waals surface area contributed by atoms with Gasteiger partial charge in [0.2, 0.25) is 0 Å². The third-order valence-electron chi connectivity index (χ3n) is 4.93. The van der Waals surface area contributed by atoms with Crippen molar-refractivity contribution in [3.63, 3.8) is 0 Å². The zero-order valence-electron chi connectivity index (χ0n) is 14.0. The summed E-state index contributed by atoms with van der Waals surface area (Å²) >= 11 is 1.84. The second-order valence-electron chi connectivity index (χ2n) is 6.40. The predicted octanol–water partition coefficient (Wildman–Crippen LogP) is 2.42. The molecule has 2 aliphatic rings. The Morgan fingerprint density at radius 2 is 2.00 bits per heavy atom. The number of thiophene rings is 1. The van der Waals surface area contributed by atoms with Gasteiger partial charge < -0.3 is 15.1 Å². The van der Waals surface area contributed by atoms with Crippen LogP contribution < -0.4 is 10.2 Å². The highest BCUT2D eigenvalue weighted by Gasteiger charge is 2.26. The van der Waals surface area contributed by atoms with Crippen molar-refractivity contribution in [3.05, 3.63) is 16.8 Å². The molecule has 2 aromatic heterocycles. The molecule has 1 aliphatic heterocycles. The molecule has 0 unspecified atom stereocenters. The number of urea groups is 1. The van der Waals surface area contributed by atoms with Crippen molar-refractivity contribution < 1.29 is 4.79 Å². The largest absolute Gasteiger partial charge is 0.352 e. The van der Waals surface area contributed by atoms with E-state index in [2.05, 4.69) is 20.2 Å². The highest BCUT2D eigenvalue weighted by Crippen LogP contribution is 2.39. The fraction of sp³-hybridized carbons (Fsp3) is 0.588. The van der Waals surface area contributed by atoms with Crippen LogP contribution in [0.1, 0.15) is 30.2 Å². The molecule has 2 aromatic rings. The number of piperazine rings is 1. The van der Waals surface area contributed by atoms with Crippen LogP contribution in [0.3, 0.4) is 0 Å². The van der Waals surface area contributed by atoms with Gasteiger partial charge in [-0.25, -0.2) is 14.8 Å². The number of hydrogen-bond acceptors (Lipinski definition) is 5. The van der Waals surface area contributed by atoms with Gasteiger partial charge in [0.15, 0.2) is 0 Å². The molecule has 128 valence electrons. The highest BCUT2D eigenvalue weighted by atomic mass is 32.1. The monoisotopic (exact) mass is 345 g/mol. The lowest BCUT2D eigenvalue weighted by atomic mass is 9.97. The quantitative estimate of drug-likeness (QED) is 0.908. The van der Waals surface area contributed by atoms with E-state index in [4.69, 9.17) is 0 Å². The molecule has 2 amide bonds. The van der Waals surface area contributed by atoms with Crippen molar-refractivity contribution in [3.8, 4) is 0 Å². The van der Waals surface area contributed by atoms with Crippen molar-refractivity contribution in [1.82, 2.24) is 20.2 Å². The molecular formula is C17H23N5OS. The molecule has 0 atom stereocenters. The number of nitrogens with one attached hydrogen (secondary N) is 1. The molecule has 0 radical (unpaired) electrons. The van der Waals surface area contributed by atoms with Gasteiger partial charge in [-0.2, -0.15) is 0 Å². The molecule has 1 aliphatic carbocycles. The van der Waals surface area contributed by atoms with E-state index >= 15 is 0 Å². The first-order valence-electron chi connectivity index (χ1n) is 8.81. The summed E-state index contributed by atoms with van der Waals surface area (Å²) in [7, 11) is 0. The number of fused-ring (bicyclic) bond motifs is 3. The van der Waals surface area contributed by atoms with Gasteiger partial charge in [-0.3, -0.25) is 0 Å². The number of hydrogen-bond donors (Lipinski definition) is 1. The second-order valence-corrected chi connectivity index (χ2v) is 7.48. The molecule has 0 saturated carbocycles. The number of aromatic nitrogens is 2. The number of anilines is 1. The van der Waals surface area contributed by atoms with Crippen LogP contribution in [0.25, 0.3) is 10.2 Å². The summed E-state index contributed by atoms with van der Waals surface area (Å²) < 4.78 is 0. The van der Waals surface area contributed by atoms with E-state index in [0.717, 1.165) is 43.2 Å². The van der Waals surface area contributed by atoms with Crippen LogP contribution in [-0.2, 0) is 12.8 Å². The fourth-order valence-electron chi connectivity index (χ4n) is 3.70. The zero-order chi connectivity index (χ0) is 16.5. The van der Waals surface area contributed by atoms with Gasteiger partial charge in [0.25, 0.3) is 0 Å². The minimum absolute atomic E-state index is 0.0397. The SMILES string of the molecule is CCNC(=O)N1CCN(c2ncnc3sc4c(c23)CCCC4)CC1. The zero-order valence-corrected chi connectivity index (χ0v) is 14.9. The van der Waals surface area contributed by atoms with Crippen LogP contribution in [0.4, 0.5) is 10.6 Å². The van der Waals surface area contributed by atoms with Gasteiger partial charge in [0.05, 0.1) is 5.39 Å². The topological polar surface area (TPSA) is 61.4 Å². The second kappa shape index (κ2) is 6.55. The Morgan fingerprint density at radius 1 is 1.21 bits per heavy atom. The molecule has 24 heavy (non-hydrogen) atoms. The first-order chi connectivity index (χ1) is 11.8. The van der Waals surface area contributed by atoms with Crippen LogP contribution >= 0.6 is 11.3 Å². The first kappa shape index (κ1) is 15.6. The third kappa shape index (κ3) is 2.70. The molecule has 1 N–H and O–H groups in total. The van der Waals surface area contributed by atoms with Gasteiger partial charge in [-0.15, -0.1) is 11.3 Å². The van der Waals surface area contributed by atoms with Crippen molar-refractivity contribution in [2.45, 2.75) is 32.6 Å². The Bertz CT molecular complexity index is 751. The minimum atomic E-state index is 0.0397. The Morgan fingerprint density at radius 3 is 2.79 bits per heavy atom. The van der Waals surface area contributed by atoms with Crippen molar-refractivity contribution in [1.29, 1.82) is 0 Å². The summed E-state index contributed by atoms with van der Waals surface area (Å²) in [5.74, 6) is 1.06. The molecule has 0 spiro atoms. The molecule has 6 nitrogen and oxygen atoms in total. The van der Waals surface area contributed by atoms with E-state index in [1.54, 1.807) is 6.33 Å². The molecule has 3 heterocycles. The Labute approximate surface area is 145 Å². The maximum atomic E-state index is 12.0. The summed E-state index contributed by atoms with van der Waals surface area (Å²) in [6.07, 6.45) is 6.57. The van der Waals surface area contributed by atoms with Crippen LogP contribution in [-0.4, -0.2) is 53.6 Å². The number of carbonyl (C=O) groups is 1. The highest BCUT2D eigenvalue weighted by molar-refractivity contribution is 7.19. The van der Waals surface area contributed by atoms with Crippen LogP contribution in [0, 0.1) is 0 Å². The number of carbonyl (C=O) groups excluding carboxylic acids is 1. The first-order valence-corrected chi connectivity index (χ1v) is 9.62. The maximum Gasteiger partial charge on any atom is 0.317 e. The molecule has 1 saturated heterocycles. The van der Waals surface area contributed by atoms with Gasteiger partial charge in [-0.1, -0.05) is 0 Å². The summed E-state index contributed by atoms with van der Waals surface area (Å²) in [6, 6.07) is 0.0397. The van der Waals surface area contributed by atoms with Gasteiger partial charge in [-0.05, 0) is 38.2 Å². The van der Waals surface area contributed by atoms with E-state index in [-0.39, 0.29) is 6.03 Å². The smallest absolute Gasteiger partial charge is 0.317 e. The fourth-order valence-corrected chi connectivity index (χ4v) is 4.92. The molecule has 0 aromatic carbocycles. The number of aryl methyl sites for hydroxylation is 2. The molecule has 7 heteroatoms. The van der Waals surface area contributed by atoms with Gasteiger partial charge >= 0.3 is 6.03 Å². The average molecular weight is 345 g/mol. The summed E-state index contributed by atoms with van der Waals surface area (Å²) in [4.78, 5) is 27.9. The number of rotatable bonds is 2. The molecule has 1 fully saturated rings. The Hall–Kier alpha value is -1.89. The summed E-state index contributed by atoms with van der Waals surface area (Å²) in [5.41, 5.74) is 1.48. The van der Waals surface area contributed by atoms with Gasteiger partial charge in [0.1, 0.15) is 17.0 Å². The lowest BCUT2D eigenvalue weighted by molar-refractivity contribution is 0.195. The lowest BCUT2D eigenvalue weighted by Crippen LogP contribution is -2.52. The normalized spacial score (nSPS) is 17.9. The molecular weight excluding hydrogens is 322 g/mol. The van der Waals surface area contributed by atoms with Crippen molar-refractivity contribution in [2.75, 3.05) is 37.6 Å². The van der Waals surface area contributed by atoms with Crippen molar-refractivity contribution >= 4 is 33.4 Å². The summed E-state index contributed by atoms with van der Waals surface area (Å²) in [6.45, 7) is 5.76. The van der Waals surface area contributed by atoms with Crippen LogP contribution in [0.2, 0.25) is 0 Å². The van der Waals surface area contributed by atoms with Gasteiger partial charge in [0, 0.05) is 37.6 Å². The Balaban J connectivity index is 1.59. The van der Waals surface area contributed by atoms with Crippen LogP contribution in [0.5, 0.6) is 0 Å². The number of nitrogens with zero attached hydrogens (tertiary/aromatic N) is 4. The van der Waals surface area contributed by atoms with E-state index < -0.39 is 0 Å². The number of amides is 2. The van der Waals surface area contributed by atoms with Crippen molar-refractivity contribution in [2.24, 2.45) is 0 Å². The average Bonchev–Trinajstić information content (AvgIpc) is 3.01. The maximum absolute atomic E-state index is 12.0. The lowest BCUT2D eigenvalue weighted by Gasteiger charge is -2.35. The van der Waals surface area contributed by atoms with E-state index in [1.807, 2.05) is 23.2 Å². The third-order valence-corrected chi connectivity index (χ3v) is 6.13. The molecule has 4 rings (SSSR count). The van der Waals surface area contributed by atoms with Crippen LogP contribution in [0.15, 0.2) is 6.33 Å². The van der Waals surface area contributed by atoms with E-state index in [9.17, 15) is 4.79 Å². The summed E-state index contributed by atoms with van der Waals surface area (Å²) in [5, 5.41) is 4.15. The molecule has 0 bridgehead atoms. The standard InChI is InChI=1S/C17H23N5OS/c1-2-18-17(23)22-9-7-21(8-10-22)15-14-12-5-3-4-6-13(12)24-16(14)20-11-19-15/h11H,2-10H2,1H3,(H,18,23). The predicted molar refractivity (Wildman–Crippen MR) is 96.9 cm³/mol.